The van der Waals surface area contributed by atoms with E-state index in [9.17, 15) is 9.59 Å². The summed E-state index contributed by atoms with van der Waals surface area (Å²) in [6.45, 7) is 0. The van der Waals surface area contributed by atoms with E-state index in [1.54, 1.807) is 24.3 Å². The molecule has 1 aromatic heterocycles. The predicted molar refractivity (Wildman–Crippen MR) is 62.3 cm³/mol. The topological polar surface area (TPSA) is 83.0 Å². The maximum atomic E-state index is 11.2. The molecule has 0 fully saturated rings. The zero-order valence-corrected chi connectivity index (χ0v) is 9.23. The van der Waals surface area contributed by atoms with Gasteiger partial charge in [0.25, 0.3) is 5.56 Å². The normalized spacial score (nSPS) is 10.2. The van der Waals surface area contributed by atoms with Crippen LogP contribution < -0.4 is 5.56 Å². The fourth-order valence-electron chi connectivity index (χ4n) is 1.37. The van der Waals surface area contributed by atoms with Gasteiger partial charge in [-0.15, -0.1) is 0 Å². The van der Waals surface area contributed by atoms with Gasteiger partial charge in [0.2, 0.25) is 0 Å². The number of H-pyrrole nitrogens is 1. The highest BCUT2D eigenvalue weighted by Gasteiger charge is 2.12. The molecule has 17 heavy (non-hydrogen) atoms. The minimum atomic E-state index is -1.30. The maximum Gasteiger partial charge on any atom is 0.341 e. The number of carboxylic acid groups (broad SMARTS) is 1. The first-order valence-electron chi connectivity index (χ1n) is 4.67. The van der Waals surface area contributed by atoms with Crippen molar-refractivity contribution in [3.63, 3.8) is 0 Å². The van der Waals surface area contributed by atoms with Crippen LogP contribution in [-0.4, -0.2) is 21.3 Å². The Bertz CT molecular complexity index is 637. The molecule has 1 aromatic carbocycles. The van der Waals surface area contributed by atoms with Crippen LogP contribution in [0.25, 0.3) is 11.3 Å². The lowest BCUT2D eigenvalue weighted by Crippen LogP contribution is -2.18. The number of nitrogens with zero attached hydrogens (tertiary/aromatic N) is 1. The Hall–Kier alpha value is -2.14. The third-order valence-electron chi connectivity index (χ3n) is 2.18. The second kappa shape index (κ2) is 4.39. The second-order valence-corrected chi connectivity index (χ2v) is 3.69. The van der Waals surface area contributed by atoms with Crippen LogP contribution in [0.3, 0.4) is 0 Å². The van der Waals surface area contributed by atoms with E-state index in [4.69, 9.17) is 16.7 Å². The third-order valence-corrected chi connectivity index (χ3v) is 2.51. The first-order valence-corrected chi connectivity index (χ1v) is 5.05. The van der Waals surface area contributed by atoms with Crippen LogP contribution in [0, 0.1) is 0 Å². The summed E-state index contributed by atoms with van der Waals surface area (Å²) in [7, 11) is 0. The van der Waals surface area contributed by atoms with Crippen molar-refractivity contribution in [2.45, 2.75) is 0 Å². The van der Waals surface area contributed by atoms with E-state index in [1.165, 1.54) is 6.07 Å². The molecule has 2 aromatic rings. The van der Waals surface area contributed by atoms with Crippen molar-refractivity contribution in [2.75, 3.05) is 0 Å². The summed E-state index contributed by atoms with van der Waals surface area (Å²) in [5.41, 5.74) is -0.233. The van der Waals surface area contributed by atoms with Crippen molar-refractivity contribution in [2.24, 2.45) is 0 Å². The number of aromatic nitrogens is 2. The number of hydrogen-bond donors (Lipinski definition) is 2. The molecule has 86 valence electrons. The average molecular weight is 251 g/mol. The van der Waals surface area contributed by atoms with Gasteiger partial charge in [-0.05, 0) is 12.1 Å². The Kier molecular flexibility index (Phi) is 2.93. The van der Waals surface area contributed by atoms with E-state index in [-0.39, 0.29) is 5.56 Å². The molecule has 0 aliphatic heterocycles. The molecule has 0 atom stereocenters. The number of nitrogens with one attached hydrogen (secondary N) is 1. The predicted octanol–water partition coefficient (Wildman–Crippen LogP) is 1.79. The standard InChI is InChI=1S/C11H7ClN2O3/c12-8-4-2-1-3-6(8)9-5-7(11(16)17)10(15)14-13-9/h1-5H,(H,14,15)(H,16,17). The Morgan fingerprint density at radius 1 is 1.35 bits per heavy atom. The molecule has 0 amide bonds. The SMILES string of the molecule is O=C(O)c1cc(-c2ccccc2Cl)n[nH]c1=O. The number of benzene rings is 1. The molecule has 6 heteroatoms. The minimum Gasteiger partial charge on any atom is -0.477 e. The summed E-state index contributed by atoms with van der Waals surface area (Å²) in [5.74, 6) is -1.30. The Morgan fingerprint density at radius 2 is 2.06 bits per heavy atom. The molecule has 2 N–H and O–H groups in total. The third kappa shape index (κ3) is 2.19. The van der Waals surface area contributed by atoms with Crippen molar-refractivity contribution in [3.05, 3.63) is 51.3 Å². The van der Waals surface area contributed by atoms with Gasteiger partial charge in [-0.2, -0.15) is 5.10 Å². The molecule has 0 unspecified atom stereocenters. The fourth-order valence-corrected chi connectivity index (χ4v) is 1.60. The number of carbonyl (C=O) groups is 1. The zero-order valence-electron chi connectivity index (χ0n) is 8.48. The van der Waals surface area contributed by atoms with Crippen molar-refractivity contribution in [1.82, 2.24) is 10.2 Å². The van der Waals surface area contributed by atoms with Gasteiger partial charge in [0.1, 0.15) is 5.56 Å². The molecule has 1 heterocycles. The molecule has 2 rings (SSSR count). The Balaban J connectivity index is 2.62. The van der Waals surface area contributed by atoms with Gasteiger partial charge >= 0.3 is 5.97 Å². The van der Waals surface area contributed by atoms with E-state index in [2.05, 4.69) is 10.2 Å². The summed E-state index contributed by atoms with van der Waals surface area (Å²) >= 11 is 5.95. The van der Waals surface area contributed by atoms with Gasteiger partial charge in [0.05, 0.1) is 10.7 Å². The van der Waals surface area contributed by atoms with Crippen molar-refractivity contribution in [1.29, 1.82) is 0 Å². The first-order chi connectivity index (χ1) is 8.09. The average Bonchev–Trinajstić information content (AvgIpc) is 2.30. The van der Waals surface area contributed by atoms with Gasteiger partial charge in [-0.1, -0.05) is 29.8 Å². The van der Waals surface area contributed by atoms with Crippen molar-refractivity contribution < 1.29 is 9.90 Å². The lowest BCUT2D eigenvalue weighted by molar-refractivity contribution is 0.0694. The van der Waals surface area contributed by atoms with Gasteiger partial charge in [-0.25, -0.2) is 9.89 Å². The number of aromatic carboxylic acids is 1. The Labute approximate surface area is 101 Å². The van der Waals surface area contributed by atoms with Crippen LogP contribution in [0.4, 0.5) is 0 Å². The first kappa shape index (κ1) is 11.3. The fraction of sp³-hybridized carbons (Fsp3) is 0. The van der Waals surface area contributed by atoms with Crippen LogP contribution >= 0.6 is 11.6 Å². The molecular formula is C11H7ClN2O3. The van der Waals surface area contributed by atoms with Gasteiger partial charge in [0.15, 0.2) is 0 Å². The molecule has 0 saturated carbocycles. The summed E-state index contributed by atoms with van der Waals surface area (Å²) in [6, 6.07) is 8.03. The van der Waals surface area contributed by atoms with Crippen LogP contribution in [0.2, 0.25) is 5.02 Å². The minimum absolute atomic E-state index is 0.313. The number of hydrogen-bond acceptors (Lipinski definition) is 3. The van der Waals surface area contributed by atoms with Crippen LogP contribution in [0.5, 0.6) is 0 Å². The van der Waals surface area contributed by atoms with E-state index in [0.29, 0.717) is 16.3 Å². The molecule has 0 saturated heterocycles. The molecule has 0 bridgehead atoms. The van der Waals surface area contributed by atoms with E-state index in [1.807, 2.05) is 0 Å². The summed E-state index contributed by atoms with van der Waals surface area (Å²) in [4.78, 5) is 22.0. The van der Waals surface area contributed by atoms with Gasteiger partial charge < -0.3 is 5.11 Å². The Morgan fingerprint density at radius 3 is 2.71 bits per heavy atom. The zero-order chi connectivity index (χ0) is 12.4. The lowest BCUT2D eigenvalue weighted by Gasteiger charge is -2.03. The van der Waals surface area contributed by atoms with Gasteiger partial charge in [0, 0.05) is 5.56 Å². The largest absolute Gasteiger partial charge is 0.477 e. The summed E-state index contributed by atoms with van der Waals surface area (Å²) < 4.78 is 0. The number of rotatable bonds is 2. The molecule has 0 aliphatic carbocycles. The quantitative estimate of drug-likeness (QED) is 0.851. The molecule has 0 radical (unpaired) electrons. The highest BCUT2D eigenvalue weighted by molar-refractivity contribution is 6.33. The van der Waals surface area contributed by atoms with Crippen LogP contribution in [-0.2, 0) is 0 Å². The van der Waals surface area contributed by atoms with E-state index >= 15 is 0 Å². The molecule has 0 spiro atoms. The monoisotopic (exact) mass is 250 g/mol. The van der Waals surface area contributed by atoms with E-state index < -0.39 is 11.5 Å². The molecular weight excluding hydrogens is 244 g/mol. The van der Waals surface area contributed by atoms with Gasteiger partial charge in [-0.3, -0.25) is 4.79 Å². The number of halogens is 1. The summed E-state index contributed by atoms with van der Waals surface area (Å²) in [6.07, 6.45) is 0. The maximum absolute atomic E-state index is 11.2. The molecule has 0 aliphatic rings. The lowest BCUT2D eigenvalue weighted by atomic mass is 10.1. The van der Waals surface area contributed by atoms with Crippen molar-refractivity contribution >= 4 is 17.6 Å². The van der Waals surface area contributed by atoms with Crippen molar-refractivity contribution in [3.8, 4) is 11.3 Å². The molecule has 5 nitrogen and oxygen atoms in total. The highest BCUT2D eigenvalue weighted by Crippen LogP contribution is 2.25. The number of aromatic amines is 1. The second-order valence-electron chi connectivity index (χ2n) is 3.28. The van der Waals surface area contributed by atoms with Crippen LogP contribution in [0.15, 0.2) is 35.1 Å². The highest BCUT2D eigenvalue weighted by atomic mass is 35.5. The number of carboxylic acids is 1. The smallest absolute Gasteiger partial charge is 0.341 e. The summed E-state index contributed by atoms with van der Waals surface area (Å²) in [5, 5.41) is 15.2. The van der Waals surface area contributed by atoms with Crippen LogP contribution in [0.1, 0.15) is 10.4 Å². The van der Waals surface area contributed by atoms with E-state index in [0.717, 1.165) is 0 Å².